The fourth-order valence-electron chi connectivity index (χ4n) is 2.66. The van der Waals surface area contributed by atoms with Crippen LogP contribution in [-0.2, 0) is 4.79 Å². The topological polar surface area (TPSA) is 35.6 Å². The second kappa shape index (κ2) is 8.63. The van der Waals surface area contributed by atoms with E-state index < -0.39 is 0 Å². The van der Waals surface area contributed by atoms with Crippen LogP contribution in [0.15, 0.2) is 0 Å². The van der Waals surface area contributed by atoms with E-state index in [0.717, 1.165) is 45.2 Å². The molecule has 1 aliphatic heterocycles. The molecule has 0 aromatic heterocycles. The van der Waals surface area contributed by atoms with E-state index in [0.29, 0.717) is 11.9 Å². The van der Waals surface area contributed by atoms with Crippen molar-refractivity contribution in [3.63, 3.8) is 0 Å². The predicted octanol–water partition coefficient (Wildman–Crippen LogP) is 2.44. The molecule has 1 saturated heterocycles. The van der Waals surface area contributed by atoms with E-state index >= 15 is 0 Å². The molecule has 4 nitrogen and oxygen atoms in total. The van der Waals surface area contributed by atoms with Gasteiger partial charge in [0.25, 0.3) is 0 Å². The summed E-state index contributed by atoms with van der Waals surface area (Å²) < 4.78 is 0. The van der Waals surface area contributed by atoms with Gasteiger partial charge in [0.2, 0.25) is 5.91 Å². The summed E-state index contributed by atoms with van der Waals surface area (Å²) in [6.45, 7) is 10.7. The van der Waals surface area contributed by atoms with Gasteiger partial charge in [0, 0.05) is 12.6 Å². The molecule has 1 N–H and O–H groups in total. The molecule has 1 heterocycles. The Kier molecular flexibility index (Phi) is 7.52. The Hall–Kier alpha value is -0.610. The maximum absolute atomic E-state index is 12.3. The quantitative estimate of drug-likeness (QED) is 0.660. The normalized spacial score (nSPS) is 23.4. The smallest absolute Gasteiger partial charge is 0.241 e. The first-order chi connectivity index (χ1) is 9.47. The Morgan fingerprint density at radius 1 is 1.30 bits per heavy atom. The first-order valence-electron chi connectivity index (χ1n) is 8.24. The van der Waals surface area contributed by atoms with Gasteiger partial charge < -0.3 is 9.80 Å². The molecule has 1 amide bonds. The maximum atomic E-state index is 12.3. The summed E-state index contributed by atoms with van der Waals surface area (Å²) in [7, 11) is 2.16. The minimum atomic E-state index is 0.0586. The van der Waals surface area contributed by atoms with Gasteiger partial charge in [-0.1, -0.05) is 19.8 Å². The standard InChI is InChI=1S/C16H33N3O/c1-6-7-10-15-16(20)19(14(4)17-15)12-9-8-11-18(5)13(2)3/h13-15,17H,6-12H2,1-5H3. The molecule has 1 fully saturated rings. The van der Waals surface area contributed by atoms with Crippen LogP contribution < -0.4 is 5.32 Å². The van der Waals surface area contributed by atoms with Crippen LogP contribution in [-0.4, -0.2) is 54.1 Å². The van der Waals surface area contributed by atoms with E-state index in [1.165, 1.54) is 0 Å². The Balaban J connectivity index is 2.27. The van der Waals surface area contributed by atoms with E-state index in [4.69, 9.17) is 0 Å². The van der Waals surface area contributed by atoms with E-state index in [-0.39, 0.29) is 12.2 Å². The highest BCUT2D eigenvalue weighted by atomic mass is 16.2. The SMILES string of the molecule is CCCCC1NC(C)N(CCCCN(C)C(C)C)C1=O. The lowest BCUT2D eigenvalue weighted by molar-refractivity contribution is -0.130. The van der Waals surface area contributed by atoms with Crippen LogP contribution in [0.3, 0.4) is 0 Å². The first kappa shape index (κ1) is 17.4. The zero-order valence-electron chi connectivity index (χ0n) is 14.0. The molecule has 4 heteroatoms. The third kappa shape index (κ3) is 5.06. The Morgan fingerprint density at radius 2 is 2.00 bits per heavy atom. The molecule has 1 aliphatic rings. The second-order valence-electron chi connectivity index (χ2n) is 6.35. The van der Waals surface area contributed by atoms with Crippen molar-refractivity contribution in [2.45, 2.75) is 78.0 Å². The van der Waals surface area contributed by atoms with Gasteiger partial charge in [-0.05, 0) is 53.6 Å². The first-order valence-corrected chi connectivity index (χ1v) is 8.24. The van der Waals surface area contributed by atoms with Crippen molar-refractivity contribution in [2.75, 3.05) is 20.1 Å². The van der Waals surface area contributed by atoms with Crippen LogP contribution in [0.25, 0.3) is 0 Å². The summed E-state index contributed by atoms with van der Waals surface area (Å²) in [6.07, 6.45) is 5.71. The summed E-state index contributed by atoms with van der Waals surface area (Å²) in [5.74, 6) is 0.308. The molecule has 0 spiro atoms. The average Bonchev–Trinajstić information content (AvgIpc) is 2.67. The largest absolute Gasteiger partial charge is 0.326 e. The van der Waals surface area contributed by atoms with E-state index in [9.17, 15) is 4.79 Å². The van der Waals surface area contributed by atoms with Gasteiger partial charge in [-0.15, -0.1) is 0 Å². The van der Waals surface area contributed by atoms with Gasteiger partial charge >= 0.3 is 0 Å². The highest BCUT2D eigenvalue weighted by Crippen LogP contribution is 2.16. The van der Waals surface area contributed by atoms with Crippen molar-refractivity contribution in [1.29, 1.82) is 0 Å². The van der Waals surface area contributed by atoms with Crippen LogP contribution in [0.5, 0.6) is 0 Å². The average molecular weight is 283 g/mol. The van der Waals surface area contributed by atoms with E-state index in [1.54, 1.807) is 0 Å². The zero-order chi connectivity index (χ0) is 15.1. The molecule has 2 unspecified atom stereocenters. The Labute approximate surface area is 124 Å². The third-order valence-electron chi connectivity index (χ3n) is 4.38. The maximum Gasteiger partial charge on any atom is 0.241 e. The monoisotopic (exact) mass is 283 g/mol. The number of carbonyl (C=O) groups is 1. The van der Waals surface area contributed by atoms with Crippen molar-refractivity contribution >= 4 is 5.91 Å². The molecule has 0 bridgehead atoms. The van der Waals surface area contributed by atoms with Gasteiger partial charge in [0.05, 0.1) is 12.2 Å². The molecule has 0 aromatic rings. The number of rotatable bonds is 9. The van der Waals surface area contributed by atoms with Crippen molar-refractivity contribution < 1.29 is 4.79 Å². The summed E-state index contributed by atoms with van der Waals surface area (Å²) in [4.78, 5) is 16.7. The molecule has 0 aromatic carbocycles. The van der Waals surface area contributed by atoms with Crippen LogP contribution in [0.4, 0.5) is 0 Å². The fraction of sp³-hybridized carbons (Fsp3) is 0.938. The van der Waals surface area contributed by atoms with E-state index in [1.807, 2.05) is 4.90 Å². The lowest BCUT2D eigenvalue weighted by Gasteiger charge is -2.23. The highest BCUT2D eigenvalue weighted by Gasteiger charge is 2.35. The van der Waals surface area contributed by atoms with Crippen molar-refractivity contribution in [3.8, 4) is 0 Å². The molecule has 1 rings (SSSR count). The molecule has 118 valence electrons. The van der Waals surface area contributed by atoms with Gasteiger partial charge in [-0.2, -0.15) is 0 Å². The zero-order valence-corrected chi connectivity index (χ0v) is 14.0. The number of amides is 1. The van der Waals surface area contributed by atoms with Gasteiger partial charge in [0.1, 0.15) is 0 Å². The van der Waals surface area contributed by atoms with Gasteiger partial charge in [-0.3, -0.25) is 10.1 Å². The highest BCUT2D eigenvalue weighted by molar-refractivity contribution is 5.84. The molecular formula is C16H33N3O. The second-order valence-corrected chi connectivity index (χ2v) is 6.35. The van der Waals surface area contributed by atoms with E-state index in [2.05, 4.69) is 45.0 Å². The molecule has 0 radical (unpaired) electrons. The van der Waals surface area contributed by atoms with Crippen molar-refractivity contribution in [2.24, 2.45) is 0 Å². The Morgan fingerprint density at radius 3 is 2.60 bits per heavy atom. The summed E-state index contributed by atoms with van der Waals surface area (Å²) in [6, 6.07) is 0.658. The van der Waals surface area contributed by atoms with Crippen LogP contribution in [0, 0.1) is 0 Å². The number of hydrogen-bond acceptors (Lipinski definition) is 3. The fourth-order valence-corrected chi connectivity index (χ4v) is 2.66. The number of nitrogens with one attached hydrogen (secondary N) is 1. The van der Waals surface area contributed by atoms with Gasteiger partial charge in [0.15, 0.2) is 0 Å². The van der Waals surface area contributed by atoms with Crippen molar-refractivity contribution in [1.82, 2.24) is 15.1 Å². The number of hydrogen-bond donors (Lipinski definition) is 1. The van der Waals surface area contributed by atoms with Crippen molar-refractivity contribution in [3.05, 3.63) is 0 Å². The lowest BCUT2D eigenvalue weighted by Crippen LogP contribution is -2.36. The van der Waals surface area contributed by atoms with Crippen LogP contribution >= 0.6 is 0 Å². The third-order valence-corrected chi connectivity index (χ3v) is 4.38. The number of nitrogens with zero attached hydrogens (tertiary/aromatic N) is 2. The molecule has 20 heavy (non-hydrogen) atoms. The van der Waals surface area contributed by atoms with Gasteiger partial charge in [-0.25, -0.2) is 0 Å². The predicted molar refractivity (Wildman–Crippen MR) is 84.6 cm³/mol. The molecule has 0 aliphatic carbocycles. The minimum absolute atomic E-state index is 0.0586. The van der Waals surface area contributed by atoms with Crippen LogP contribution in [0.2, 0.25) is 0 Å². The summed E-state index contributed by atoms with van der Waals surface area (Å²) in [5.41, 5.74) is 0. The molecular weight excluding hydrogens is 250 g/mol. The summed E-state index contributed by atoms with van der Waals surface area (Å²) in [5, 5.41) is 3.42. The number of carbonyl (C=O) groups excluding carboxylic acids is 1. The van der Waals surface area contributed by atoms with Crippen LogP contribution in [0.1, 0.15) is 59.8 Å². The Bertz CT molecular complexity index is 293. The summed E-state index contributed by atoms with van der Waals surface area (Å²) >= 11 is 0. The number of unbranched alkanes of at least 4 members (excludes halogenated alkanes) is 2. The minimum Gasteiger partial charge on any atom is -0.326 e. The molecule has 2 atom stereocenters. The molecule has 0 saturated carbocycles. The lowest BCUT2D eigenvalue weighted by atomic mass is 10.1.